The number of aromatic nitrogens is 4. The lowest BCUT2D eigenvalue weighted by Crippen LogP contribution is -2.51. The maximum absolute atomic E-state index is 14.1. The third-order valence-corrected chi connectivity index (χ3v) is 8.19. The SMILES string of the molecule is CCc1c(N2CCN(C(=O)OC(C)(C)C)CC2)c(=O)n2nc(C3=CC[C@H](OC)CC3)nc2n1CC(=O)Nc1ccc(C(F)(F)F)cc1. The minimum absolute atomic E-state index is 0.0855. The molecule has 47 heavy (non-hydrogen) atoms. The second kappa shape index (κ2) is 13.4. The van der Waals surface area contributed by atoms with Crippen LogP contribution in [-0.4, -0.2) is 81.1 Å². The Morgan fingerprint density at radius 1 is 1.06 bits per heavy atom. The van der Waals surface area contributed by atoms with Crippen LogP contribution >= 0.6 is 0 Å². The number of allylic oxidation sites excluding steroid dienone is 1. The van der Waals surface area contributed by atoms with Gasteiger partial charge in [-0.25, -0.2) is 4.79 Å². The molecule has 254 valence electrons. The van der Waals surface area contributed by atoms with Crippen molar-refractivity contribution in [3.63, 3.8) is 0 Å². The van der Waals surface area contributed by atoms with Crippen molar-refractivity contribution in [2.45, 2.75) is 77.8 Å². The molecule has 1 atom stereocenters. The van der Waals surface area contributed by atoms with Gasteiger partial charge in [-0.15, -0.1) is 5.10 Å². The highest BCUT2D eigenvalue weighted by atomic mass is 19.4. The number of alkyl halides is 3. The van der Waals surface area contributed by atoms with E-state index in [4.69, 9.17) is 14.5 Å². The first-order valence-corrected chi connectivity index (χ1v) is 15.6. The minimum atomic E-state index is -4.50. The quantitative estimate of drug-likeness (QED) is 0.386. The molecule has 1 aliphatic heterocycles. The average molecular weight is 660 g/mol. The molecule has 1 aromatic carbocycles. The number of nitrogens with one attached hydrogen (secondary N) is 1. The molecule has 1 saturated heterocycles. The van der Waals surface area contributed by atoms with E-state index in [2.05, 4.69) is 10.4 Å². The predicted octanol–water partition coefficient (Wildman–Crippen LogP) is 4.75. The fourth-order valence-electron chi connectivity index (χ4n) is 5.82. The number of hydrogen-bond donors (Lipinski definition) is 1. The maximum atomic E-state index is 14.1. The van der Waals surface area contributed by atoms with Crippen molar-refractivity contribution in [1.82, 2.24) is 24.1 Å². The van der Waals surface area contributed by atoms with E-state index in [0.717, 1.165) is 24.1 Å². The molecule has 15 heteroatoms. The maximum Gasteiger partial charge on any atom is 0.416 e. The van der Waals surface area contributed by atoms with E-state index in [1.54, 1.807) is 37.3 Å². The summed E-state index contributed by atoms with van der Waals surface area (Å²) in [5.41, 5.74) is 0.0869. The molecule has 3 aromatic rings. The van der Waals surface area contributed by atoms with Gasteiger partial charge < -0.3 is 29.2 Å². The smallest absolute Gasteiger partial charge is 0.416 e. The van der Waals surface area contributed by atoms with Crippen LogP contribution in [0, 0.1) is 0 Å². The van der Waals surface area contributed by atoms with Crippen molar-refractivity contribution in [1.29, 1.82) is 0 Å². The van der Waals surface area contributed by atoms with Crippen molar-refractivity contribution in [3.05, 3.63) is 57.8 Å². The van der Waals surface area contributed by atoms with Gasteiger partial charge in [-0.2, -0.15) is 22.7 Å². The fourth-order valence-corrected chi connectivity index (χ4v) is 5.82. The van der Waals surface area contributed by atoms with Gasteiger partial charge in [-0.3, -0.25) is 9.59 Å². The van der Waals surface area contributed by atoms with E-state index in [-0.39, 0.29) is 24.1 Å². The number of ether oxygens (including phenoxy) is 2. The van der Waals surface area contributed by atoms with Gasteiger partial charge in [0.25, 0.3) is 5.56 Å². The number of benzene rings is 1. The highest BCUT2D eigenvalue weighted by Crippen LogP contribution is 2.30. The molecule has 0 spiro atoms. The molecule has 2 aromatic heterocycles. The molecule has 1 fully saturated rings. The summed E-state index contributed by atoms with van der Waals surface area (Å²) in [6.07, 6.45) is -0.395. The number of fused-ring (bicyclic) bond motifs is 1. The highest BCUT2D eigenvalue weighted by molar-refractivity contribution is 5.91. The predicted molar refractivity (Wildman–Crippen MR) is 169 cm³/mol. The topological polar surface area (TPSA) is 123 Å². The van der Waals surface area contributed by atoms with Crippen molar-refractivity contribution >= 4 is 34.7 Å². The fraction of sp³-hybridized carbons (Fsp3) is 0.531. The summed E-state index contributed by atoms with van der Waals surface area (Å²) in [5, 5.41) is 7.26. The van der Waals surface area contributed by atoms with Crippen LogP contribution in [0.25, 0.3) is 11.4 Å². The number of halogens is 3. The van der Waals surface area contributed by atoms with Gasteiger partial charge in [-0.1, -0.05) is 13.0 Å². The molecule has 2 amide bonds. The average Bonchev–Trinajstić information content (AvgIpc) is 3.47. The van der Waals surface area contributed by atoms with Crippen LogP contribution in [0.1, 0.15) is 64.0 Å². The monoisotopic (exact) mass is 659 g/mol. The first-order valence-electron chi connectivity index (χ1n) is 15.6. The van der Waals surface area contributed by atoms with Gasteiger partial charge in [-0.05, 0) is 76.3 Å². The van der Waals surface area contributed by atoms with Crippen molar-refractivity contribution in [3.8, 4) is 0 Å². The summed E-state index contributed by atoms with van der Waals surface area (Å²) in [5.74, 6) is 0.0351. The van der Waals surface area contributed by atoms with Gasteiger partial charge in [0, 0.05) is 39.0 Å². The number of hydrogen-bond acceptors (Lipinski definition) is 8. The van der Waals surface area contributed by atoms with E-state index < -0.39 is 34.9 Å². The number of carbonyl (C=O) groups excluding carboxylic acids is 2. The summed E-state index contributed by atoms with van der Waals surface area (Å²) in [6.45, 7) is 8.30. The summed E-state index contributed by atoms with van der Waals surface area (Å²) in [6, 6.07) is 4.18. The lowest BCUT2D eigenvalue weighted by molar-refractivity contribution is -0.137. The Bertz CT molecular complexity index is 1720. The van der Waals surface area contributed by atoms with Gasteiger partial charge >= 0.3 is 12.3 Å². The van der Waals surface area contributed by atoms with Crippen LogP contribution < -0.4 is 15.8 Å². The van der Waals surface area contributed by atoms with Gasteiger partial charge in [0.05, 0.1) is 17.4 Å². The Labute approximate surface area is 270 Å². The summed E-state index contributed by atoms with van der Waals surface area (Å²) in [7, 11) is 1.66. The van der Waals surface area contributed by atoms with Crippen LogP contribution in [0.3, 0.4) is 0 Å². The summed E-state index contributed by atoms with van der Waals surface area (Å²) < 4.78 is 53.0. The molecule has 1 aliphatic carbocycles. The van der Waals surface area contributed by atoms with Crippen LogP contribution in [0.15, 0.2) is 35.1 Å². The molecular weight excluding hydrogens is 619 g/mol. The zero-order valence-electron chi connectivity index (χ0n) is 27.2. The molecule has 3 heterocycles. The first kappa shape index (κ1) is 33.9. The van der Waals surface area contributed by atoms with E-state index >= 15 is 0 Å². The van der Waals surface area contributed by atoms with Crippen LogP contribution in [-0.2, 0) is 33.4 Å². The molecule has 0 unspecified atom stereocenters. The van der Waals surface area contributed by atoms with Crippen molar-refractivity contribution in [2.75, 3.05) is 43.5 Å². The Morgan fingerprint density at radius 2 is 1.74 bits per heavy atom. The van der Waals surface area contributed by atoms with Crippen LogP contribution in [0.4, 0.5) is 29.3 Å². The molecule has 2 aliphatic rings. The second-order valence-corrected chi connectivity index (χ2v) is 12.6. The van der Waals surface area contributed by atoms with Crippen molar-refractivity contribution < 1.29 is 32.2 Å². The Morgan fingerprint density at radius 3 is 2.30 bits per heavy atom. The lowest BCUT2D eigenvalue weighted by atomic mass is 9.97. The number of amides is 2. The Hall–Kier alpha value is -4.40. The van der Waals surface area contributed by atoms with Crippen LogP contribution in [0.5, 0.6) is 0 Å². The number of anilines is 2. The number of carbonyl (C=O) groups is 2. The van der Waals surface area contributed by atoms with E-state index in [1.807, 2.05) is 17.9 Å². The normalized spacial score (nSPS) is 17.5. The van der Waals surface area contributed by atoms with Crippen molar-refractivity contribution in [2.24, 2.45) is 0 Å². The zero-order valence-corrected chi connectivity index (χ0v) is 27.2. The van der Waals surface area contributed by atoms with Gasteiger partial charge in [0.15, 0.2) is 5.82 Å². The third-order valence-electron chi connectivity index (χ3n) is 8.19. The van der Waals surface area contributed by atoms with Gasteiger partial charge in [0.1, 0.15) is 17.8 Å². The number of methoxy groups -OCH3 is 1. The molecule has 0 radical (unpaired) electrons. The first-order chi connectivity index (χ1) is 22.2. The number of nitrogens with zero attached hydrogens (tertiary/aromatic N) is 6. The second-order valence-electron chi connectivity index (χ2n) is 12.6. The Balaban J connectivity index is 1.50. The molecule has 12 nitrogen and oxygen atoms in total. The molecule has 5 rings (SSSR count). The minimum Gasteiger partial charge on any atom is -0.444 e. The summed E-state index contributed by atoms with van der Waals surface area (Å²) in [4.78, 5) is 48.4. The number of rotatable bonds is 7. The molecule has 0 saturated carbocycles. The summed E-state index contributed by atoms with van der Waals surface area (Å²) >= 11 is 0. The van der Waals surface area contributed by atoms with Crippen LogP contribution in [0.2, 0.25) is 0 Å². The van der Waals surface area contributed by atoms with E-state index in [0.29, 0.717) is 62.6 Å². The standard InChI is InChI=1S/C32H40F3N7O5/c1-6-24-26(39-15-17-40(18-16-39)30(45)47-31(2,3)4)28(44)42-29(37-27(38-42)20-7-13-23(46-5)14-8-20)41(24)19-25(43)36-22-11-9-21(10-12-22)32(33,34)35/h7,9-12,23H,6,8,13-19H2,1-5H3,(H,36,43)/t23-/m0/s1. The number of piperazine rings is 1. The highest BCUT2D eigenvalue weighted by Gasteiger charge is 2.32. The van der Waals surface area contributed by atoms with Gasteiger partial charge in [0.2, 0.25) is 11.7 Å². The lowest BCUT2D eigenvalue weighted by Gasteiger charge is -2.37. The zero-order chi connectivity index (χ0) is 34.1. The molecule has 1 N–H and O–H groups in total. The van der Waals surface area contributed by atoms with E-state index in [1.165, 1.54) is 16.6 Å². The third kappa shape index (κ3) is 7.61. The molecule has 0 bridgehead atoms. The largest absolute Gasteiger partial charge is 0.444 e. The van der Waals surface area contributed by atoms with E-state index in [9.17, 15) is 27.6 Å². The molecular formula is C32H40F3N7O5. The Kier molecular flexibility index (Phi) is 9.66.